The van der Waals surface area contributed by atoms with Crippen molar-refractivity contribution in [2.75, 3.05) is 33.4 Å². The first-order valence-electron chi connectivity index (χ1n) is 4.66. The molecule has 0 spiro atoms. The average molecular weight is 189 g/mol. The number of ether oxygens (including phenoxy) is 2. The molecule has 0 aromatic rings. The van der Waals surface area contributed by atoms with Gasteiger partial charge in [-0.05, 0) is 25.9 Å². The summed E-state index contributed by atoms with van der Waals surface area (Å²) in [6.07, 6.45) is 1.99. The van der Waals surface area contributed by atoms with Crippen LogP contribution in [-0.4, -0.2) is 39.4 Å². The molecular weight excluding hydrogens is 170 g/mol. The molecule has 0 bridgehead atoms. The summed E-state index contributed by atoms with van der Waals surface area (Å²) in [4.78, 5) is 10.8. The highest BCUT2D eigenvalue weighted by Gasteiger charge is 1.99. The average Bonchev–Trinajstić information content (AvgIpc) is 2.11. The lowest BCUT2D eigenvalue weighted by Crippen LogP contribution is -2.19. The summed E-state index contributed by atoms with van der Waals surface area (Å²) in [7, 11) is 1.48. The van der Waals surface area contributed by atoms with Crippen LogP contribution in [0.4, 0.5) is 0 Å². The van der Waals surface area contributed by atoms with Gasteiger partial charge < -0.3 is 14.8 Å². The van der Waals surface area contributed by atoms with E-state index in [9.17, 15) is 4.79 Å². The lowest BCUT2D eigenvalue weighted by atomic mass is 10.4. The minimum Gasteiger partial charge on any atom is -0.464 e. The minimum absolute atomic E-state index is 0.0440. The summed E-state index contributed by atoms with van der Waals surface area (Å²) in [5, 5.41) is 3.22. The fourth-order valence-electron chi connectivity index (χ4n) is 0.844. The van der Waals surface area contributed by atoms with Gasteiger partial charge in [0.1, 0.15) is 6.61 Å². The van der Waals surface area contributed by atoms with Crippen molar-refractivity contribution in [3.63, 3.8) is 0 Å². The van der Waals surface area contributed by atoms with Gasteiger partial charge >= 0.3 is 5.97 Å². The van der Waals surface area contributed by atoms with Crippen molar-refractivity contribution in [1.29, 1.82) is 0 Å². The smallest absolute Gasteiger partial charge is 0.332 e. The van der Waals surface area contributed by atoms with Crippen LogP contribution in [0.15, 0.2) is 0 Å². The summed E-state index contributed by atoms with van der Waals surface area (Å²) in [6.45, 7) is 4.55. The Kier molecular flexibility index (Phi) is 9.03. The number of methoxy groups -OCH3 is 1. The Hall–Kier alpha value is -0.610. The summed E-state index contributed by atoms with van der Waals surface area (Å²) in [5.74, 6) is -0.294. The number of carbonyl (C=O) groups excluding carboxylic acids is 1. The topological polar surface area (TPSA) is 47.6 Å². The first-order chi connectivity index (χ1) is 6.31. The summed E-state index contributed by atoms with van der Waals surface area (Å²) >= 11 is 0. The Morgan fingerprint density at radius 2 is 2.15 bits per heavy atom. The molecule has 0 radical (unpaired) electrons. The van der Waals surface area contributed by atoms with Crippen LogP contribution in [0.3, 0.4) is 0 Å². The molecule has 0 aromatic carbocycles. The molecule has 0 unspecified atom stereocenters. The van der Waals surface area contributed by atoms with Gasteiger partial charge in [0.05, 0.1) is 6.61 Å². The van der Waals surface area contributed by atoms with Crippen molar-refractivity contribution in [3.8, 4) is 0 Å². The van der Waals surface area contributed by atoms with Crippen molar-refractivity contribution < 1.29 is 14.3 Å². The van der Waals surface area contributed by atoms with Crippen molar-refractivity contribution in [2.24, 2.45) is 0 Å². The molecule has 0 rings (SSSR count). The standard InChI is InChI=1S/C9H19NO3/c1-3-5-10-6-4-7-13-9(11)8-12-2/h10H,3-8H2,1-2H3. The first kappa shape index (κ1) is 12.4. The Bertz CT molecular complexity index is 128. The Labute approximate surface area is 79.6 Å². The SMILES string of the molecule is CCCNCCCOC(=O)COC. The summed E-state index contributed by atoms with van der Waals surface area (Å²) in [6, 6.07) is 0. The monoisotopic (exact) mass is 189 g/mol. The zero-order valence-corrected chi connectivity index (χ0v) is 8.47. The molecule has 0 amide bonds. The van der Waals surface area contributed by atoms with E-state index in [2.05, 4.69) is 17.0 Å². The Morgan fingerprint density at radius 1 is 1.38 bits per heavy atom. The van der Waals surface area contributed by atoms with E-state index in [1.165, 1.54) is 7.11 Å². The van der Waals surface area contributed by atoms with Crippen LogP contribution >= 0.6 is 0 Å². The van der Waals surface area contributed by atoms with Crippen molar-refractivity contribution >= 4 is 5.97 Å². The number of hydrogen-bond acceptors (Lipinski definition) is 4. The number of carbonyl (C=O) groups is 1. The molecule has 0 aliphatic heterocycles. The molecule has 0 aliphatic carbocycles. The maximum atomic E-state index is 10.8. The second-order valence-electron chi connectivity index (χ2n) is 2.76. The van der Waals surface area contributed by atoms with Gasteiger partial charge in [0.15, 0.2) is 0 Å². The van der Waals surface area contributed by atoms with E-state index in [-0.39, 0.29) is 12.6 Å². The van der Waals surface area contributed by atoms with Gasteiger partial charge in [-0.2, -0.15) is 0 Å². The Balaban J connectivity index is 3.02. The fourth-order valence-corrected chi connectivity index (χ4v) is 0.844. The van der Waals surface area contributed by atoms with Crippen LogP contribution in [0.1, 0.15) is 19.8 Å². The highest BCUT2D eigenvalue weighted by Crippen LogP contribution is 1.84. The largest absolute Gasteiger partial charge is 0.464 e. The quantitative estimate of drug-likeness (QED) is 0.448. The molecule has 0 heterocycles. The van der Waals surface area contributed by atoms with Crippen molar-refractivity contribution in [2.45, 2.75) is 19.8 Å². The van der Waals surface area contributed by atoms with E-state index in [1.54, 1.807) is 0 Å². The predicted molar refractivity (Wildman–Crippen MR) is 50.6 cm³/mol. The third kappa shape index (κ3) is 9.30. The maximum Gasteiger partial charge on any atom is 0.332 e. The molecular formula is C9H19NO3. The molecule has 78 valence electrons. The molecule has 1 N–H and O–H groups in total. The highest BCUT2D eigenvalue weighted by molar-refractivity contribution is 5.70. The number of rotatable bonds is 8. The molecule has 13 heavy (non-hydrogen) atoms. The second kappa shape index (κ2) is 9.48. The van der Waals surface area contributed by atoms with Gasteiger partial charge in [-0.3, -0.25) is 0 Å². The van der Waals surface area contributed by atoms with Crippen LogP contribution in [0.5, 0.6) is 0 Å². The van der Waals surface area contributed by atoms with Crippen molar-refractivity contribution in [1.82, 2.24) is 5.32 Å². The van der Waals surface area contributed by atoms with E-state index in [1.807, 2.05) is 0 Å². The number of esters is 1. The van der Waals surface area contributed by atoms with Gasteiger partial charge in [0.2, 0.25) is 0 Å². The number of hydrogen-bond donors (Lipinski definition) is 1. The normalized spacial score (nSPS) is 10.0. The molecule has 4 heteroatoms. The van der Waals surface area contributed by atoms with E-state index in [0.717, 1.165) is 25.9 Å². The lowest BCUT2D eigenvalue weighted by Gasteiger charge is -2.04. The van der Waals surface area contributed by atoms with Crippen molar-refractivity contribution in [3.05, 3.63) is 0 Å². The molecule has 0 saturated carbocycles. The molecule has 0 fully saturated rings. The zero-order chi connectivity index (χ0) is 9.94. The molecule has 0 aromatic heterocycles. The van der Waals surface area contributed by atoms with E-state index in [4.69, 9.17) is 4.74 Å². The Morgan fingerprint density at radius 3 is 2.77 bits per heavy atom. The van der Waals surface area contributed by atoms with Crippen LogP contribution in [0.25, 0.3) is 0 Å². The van der Waals surface area contributed by atoms with E-state index in [0.29, 0.717) is 6.61 Å². The third-order valence-electron chi connectivity index (χ3n) is 1.45. The molecule has 0 atom stereocenters. The fraction of sp³-hybridized carbons (Fsp3) is 0.889. The predicted octanol–water partition coefficient (Wildman–Crippen LogP) is 0.566. The first-order valence-corrected chi connectivity index (χ1v) is 4.66. The van der Waals surface area contributed by atoms with Gasteiger partial charge in [0, 0.05) is 7.11 Å². The third-order valence-corrected chi connectivity index (χ3v) is 1.45. The molecule has 4 nitrogen and oxygen atoms in total. The van der Waals surface area contributed by atoms with Gasteiger partial charge in [-0.25, -0.2) is 4.79 Å². The zero-order valence-electron chi connectivity index (χ0n) is 8.47. The second-order valence-corrected chi connectivity index (χ2v) is 2.76. The molecule has 0 aliphatic rings. The van der Waals surface area contributed by atoms with E-state index >= 15 is 0 Å². The van der Waals surface area contributed by atoms with Gasteiger partial charge in [0.25, 0.3) is 0 Å². The van der Waals surface area contributed by atoms with Crippen LogP contribution in [0.2, 0.25) is 0 Å². The summed E-state index contributed by atoms with van der Waals surface area (Å²) < 4.78 is 9.47. The van der Waals surface area contributed by atoms with Gasteiger partial charge in [-0.15, -0.1) is 0 Å². The maximum absolute atomic E-state index is 10.8. The van der Waals surface area contributed by atoms with Crippen LogP contribution in [0, 0.1) is 0 Å². The number of nitrogens with one attached hydrogen (secondary N) is 1. The van der Waals surface area contributed by atoms with Crippen LogP contribution < -0.4 is 5.32 Å². The van der Waals surface area contributed by atoms with Gasteiger partial charge in [-0.1, -0.05) is 6.92 Å². The summed E-state index contributed by atoms with van der Waals surface area (Å²) in [5.41, 5.74) is 0. The lowest BCUT2D eigenvalue weighted by molar-refractivity contribution is -0.147. The molecule has 0 saturated heterocycles. The van der Waals surface area contributed by atoms with Crippen LogP contribution in [-0.2, 0) is 14.3 Å². The van der Waals surface area contributed by atoms with E-state index < -0.39 is 0 Å². The highest BCUT2D eigenvalue weighted by atomic mass is 16.6. The minimum atomic E-state index is -0.294.